The van der Waals surface area contributed by atoms with Crippen LogP contribution in [-0.4, -0.2) is 50.0 Å². The summed E-state index contributed by atoms with van der Waals surface area (Å²) in [5.41, 5.74) is 1.92. The van der Waals surface area contributed by atoms with E-state index < -0.39 is 28.5 Å². The van der Waals surface area contributed by atoms with Gasteiger partial charge in [-0.25, -0.2) is 8.42 Å². The Morgan fingerprint density at radius 3 is 2.33 bits per heavy atom. The fourth-order valence-electron chi connectivity index (χ4n) is 3.26. The number of benzene rings is 2. The second kappa shape index (κ2) is 11.5. The normalized spacial score (nSPS) is 13.2. The number of rotatable bonds is 10. The van der Waals surface area contributed by atoms with Crippen LogP contribution in [0.4, 0.5) is 5.69 Å². The van der Waals surface area contributed by atoms with Gasteiger partial charge in [0.15, 0.2) is 0 Å². The second-order valence-electron chi connectivity index (χ2n) is 8.22. The number of hydrogen-bond donors (Lipinski definition) is 1. The molecule has 0 heterocycles. The summed E-state index contributed by atoms with van der Waals surface area (Å²) >= 11 is 6.31. The van der Waals surface area contributed by atoms with Crippen molar-refractivity contribution in [1.82, 2.24) is 10.2 Å². The van der Waals surface area contributed by atoms with E-state index in [1.807, 2.05) is 26.8 Å². The Kier molecular flexibility index (Phi) is 9.31. The molecule has 2 aromatic carbocycles. The highest BCUT2D eigenvalue weighted by Crippen LogP contribution is 2.22. The summed E-state index contributed by atoms with van der Waals surface area (Å²) in [6, 6.07) is 13.1. The lowest BCUT2D eigenvalue weighted by Gasteiger charge is -2.32. The maximum absolute atomic E-state index is 13.5. The van der Waals surface area contributed by atoms with Gasteiger partial charge in [0.05, 0.1) is 11.9 Å². The standard InChI is InChI=1S/C24H32ClN3O4S/c1-6-18(3)26-24(30)19(4)27(15-20-11-7-8-13-22(20)25)23(29)16-28(33(5,31)32)21-12-9-10-17(2)14-21/h7-14,18-19H,6,15-16H2,1-5H3,(H,26,30). The van der Waals surface area contributed by atoms with E-state index in [0.717, 1.165) is 22.5 Å². The van der Waals surface area contributed by atoms with Crippen molar-refractivity contribution in [1.29, 1.82) is 0 Å². The minimum absolute atomic E-state index is 0.0583. The molecule has 0 saturated carbocycles. The molecular formula is C24H32ClN3O4S. The van der Waals surface area contributed by atoms with Crippen molar-refractivity contribution < 1.29 is 18.0 Å². The first kappa shape index (κ1) is 26.7. The van der Waals surface area contributed by atoms with E-state index in [1.165, 1.54) is 4.90 Å². The number of carbonyl (C=O) groups excluding carboxylic acids is 2. The zero-order valence-electron chi connectivity index (χ0n) is 19.7. The van der Waals surface area contributed by atoms with Crippen molar-refractivity contribution in [3.63, 3.8) is 0 Å². The molecule has 0 radical (unpaired) electrons. The van der Waals surface area contributed by atoms with Crippen LogP contribution in [0.1, 0.15) is 38.3 Å². The molecule has 0 fully saturated rings. The fourth-order valence-corrected chi connectivity index (χ4v) is 4.29. The van der Waals surface area contributed by atoms with E-state index in [-0.39, 0.29) is 18.5 Å². The lowest BCUT2D eigenvalue weighted by Crippen LogP contribution is -2.52. The molecule has 0 aliphatic carbocycles. The molecular weight excluding hydrogens is 462 g/mol. The average molecular weight is 494 g/mol. The number of aryl methyl sites for hydroxylation is 1. The Hall–Kier alpha value is -2.58. The number of hydrogen-bond acceptors (Lipinski definition) is 4. The third-order valence-electron chi connectivity index (χ3n) is 5.44. The van der Waals surface area contributed by atoms with Gasteiger partial charge in [-0.15, -0.1) is 0 Å². The van der Waals surface area contributed by atoms with Gasteiger partial charge in [0.1, 0.15) is 12.6 Å². The third-order valence-corrected chi connectivity index (χ3v) is 6.95. The molecule has 9 heteroatoms. The van der Waals surface area contributed by atoms with Crippen LogP contribution in [0.3, 0.4) is 0 Å². The van der Waals surface area contributed by atoms with Crippen LogP contribution in [0.5, 0.6) is 0 Å². The van der Waals surface area contributed by atoms with Crippen LogP contribution in [-0.2, 0) is 26.2 Å². The largest absolute Gasteiger partial charge is 0.352 e. The lowest BCUT2D eigenvalue weighted by molar-refractivity contribution is -0.139. The number of nitrogens with one attached hydrogen (secondary N) is 1. The quantitative estimate of drug-likeness (QED) is 0.546. The van der Waals surface area contributed by atoms with Crippen molar-refractivity contribution >= 4 is 39.1 Å². The fraction of sp³-hybridized carbons (Fsp3) is 0.417. The van der Waals surface area contributed by atoms with Gasteiger partial charge in [-0.2, -0.15) is 0 Å². The molecule has 180 valence electrons. The molecule has 0 spiro atoms. The van der Waals surface area contributed by atoms with Crippen molar-refractivity contribution in [2.75, 3.05) is 17.1 Å². The van der Waals surface area contributed by atoms with Gasteiger partial charge in [-0.05, 0) is 56.5 Å². The Bertz CT molecular complexity index is 1090. The maximum atomic E-state index is 13.5. The van der Waals surface area contributed by atoms with E-state index in [4.69, 9.17) is 11.6 Å². The van der Waals surface area contributed by atoms with Gasteiger partial charge in [-0.1, -0.05) is 48.9 Å². The number of sulfonamides is 1. The molecule has 0 bridgehead atoms. The van der Waals surface area contributed by atoms with Gasteiger partial charge in [0.2, 0.25) is 21.8 Å². The van der Waals surface area contributed by atoms with Gasteiger partial charge in [0.25, 0.3) is 0 Å². The predicted molar refractivity (Wildman–Crippen MR) is 133 cm³/mol. The van der Waals surface area contributed by atoms with Crippen molar-refractivity contribution in [2.24, 2.45) is 0 Å². The first-order valence-electron chi connectivity index (χ1n) is 10.8. The smallest absolute Gasteiger partial charge is 0.244 e. The summed E-state index contributed by atoms with van der Waals surface area (Å²) in [6.45, 7) is 6.94. The number of carbonyl (C=O) groups is 2. The number of halogens is 1. The molecule has 0 aromatic heterocycles. The van der Waals surface area contributed by atoms with E-state index in [9.17, 15) is 18.0 Å². The van der Waals surface area contributed by atoms with Crippen LogP contribution < -0.4 is 9.62 Å². The molecule has 33 heavy (non-hydrogen) atoms. The SMILES string of the molecule is CCC(C)NC(=O)C(C)N(Cc1ccccc1Cl)C(=O)CN(c1cccc(C)c1)S(C)(=O)=O. The van der Waals surface area contributed by atoms with Crippen LogP contribution in [0.2, 0.25) is 5.02 Å². The van der Waals surface area contributed by atoms with Crippen LogP contribution in [0.15, 0.2) is 48.5 Å². The predicted octanol–water partition coefficient (Wildman–Crippen LogP) is 3.75. The van der Waals surface area contributed by atoms with E-state index in [0.29, 0.717) is 16.3 Å². The minimum Gasteiger partial charge on any atom is -0.352 e. The zero-order valence-corrected chi connectivity index (χ0v) is 21.3. The summed E-state index contributed by atoms with van der Waals surface area (Å²) < 4.78 is 26.2. The highest BCUT2D eigenvalue weighted by atomic mass is 35.5. The van der Waals surface area contributed by atoms with Crippen molar-refractivity contribution in [2.45, 2.75) is 52.7 Å². The molecule has 1 N–H and O–H groups in total. The van der Waals surface area contributed by atoms with Gasteiger partial charge >= 0.3 is 0 Å². The van der Waals surface area contributed by atoms with Crippen LogP contribution in [0, 0.1) is 6.92 Å². The zero-order chi connectivity index (χ0) is 24.8. The molecule has 2 atom stereocenters. The Morgan fingerprint density at radius 1 is 1.09 bits per heavy atom. The molecule has 7 nitrogen and oxygen atoms in total. The Labute approximate surface area is 201 Å². The molecule has 2 rings (SSSR count). The van der Waals surface area contributed by atoms with Gasteiger partial charge in [0, 0.05) is 17.6 Å². The highest BCUT2D eigenvalue weighted by Gasteiger charge is 2.30. The average Bonchev–Trinajstić information content (AvgIpc) is 2.75. The van der Waals surface area contributed by atoms with Crippen LogP contribution in [0.25, 0.3) is 0 Å². The summed E-state index contributed by atoms with van der Waals surface area (Å²) in [6.07, 6.45) is 1.80. The number of amides is 2. The maximum Gasteiger partial charge on any atom is 0.244 e. The summed E-state index contributed by atoms with van der Waals surface area (Å²) in [5, 5.41) is 3.35. The molecule has 0 aliphatic heterocycles. The summed E-state index contributed by atoms with van der Waals surface area (Å²) in [4.78, 5) is 27.7. The molecule has 2 aromatic rings. The Balaban J connectivity index is 2.40. The first-order chi connectivity index (χ1) is 15.4. The highest BCUT2D eigenvalue weighted by molar-refractivity contribution is 7.92. The second-order valence-corrected chi connectivity index (χ2v) is 10.5. The third kappa shape index (κ3) is 7.47. The molecule has 0 aliphatic rings. The number of anilines is 1. The minimum atomic E-state index is -3.75. The van der Waals surface area contributed by atoms with Gasteiger partial charge in [-0.3, -0.25) is 13.9 Å². The summed E-state index contributed by atoms with van der Waals surface area (Å²) in [7, 11) is -3.75. The first-order valence-corrected chi connectivity index (χ1v) is 13.0. The molecule has 2 amide bonds. The van der Waals surface area contributed by atoms with Crippen LogP contribution >= 0.6 is 11.6 Å². The Morgan fingerprint density at radius 2 is 1.76 bits per heavy atom. The van der Waals surface area contributed by atoms with E-state index in [1.54, 1.807) is 49.4 Å². The van der Waals surface area contributed by atoms with Crippen molar-refractivity contribution in [3.8, 4) is 0 Å². The lowest BCUT2D eigenvalue weighted by atomic mass is 10.1. The monoisotopic (exact) mass is 493 g/mol. The topological polar surface area (TPSA) is 86.8 Å². The number of nitrogens with zero attached hydrogens (tertiary/aromatic N) is 2. The van der Waals surface area contributed by atoms with Crippen molar-refractivity contribution in [3.05, 3.63) is 64.7 Å². The van der Waals surface area contributed by atoms with E-state index >= 15 is 0 Å². The van der Waals surface area contributed by atoms with Gasteiger partial charge < -0.3 is 10.2 Å². The summed E-state index contributed by atoms with van der Waals surface area (Å²) in [5.74, 6) is -0.820. The molecule has 0 saturated heterocycles. The van der Waals surface area contributed by atoms with E-state index in [2.05, 4.69) is 5.32 Å². The molecule has 2 unspecified atom stereocenters.